The Morgan fingerprint density at radius 2 is 1.95 bits per heavy atom. The van der Waals surface area contributed by atoms with Gasteiger partial charge in [-0.25, -0.2) is 4.98 Å². The van der Waals surface area contributed by atoms with E-state index in [1.165, 1.54) is 0 Å². The van der Waals surface area contributed by atoms with Crippen LogP contribution in [-0.4, -0.2) is 14.5 Å². The molecule has 4 heteroatoms. The van der Waals surface area contributed by atoms with E-state index >= 15 is 0 Å². The summed E-state index contributed by atoms with van der Waals surface area (Å²) in [5.74, 6) is 0. The second kappa shape index (κ2) is 5.72. The molecular weight excluding hydrogens is 274 g/mol. The van der Waals surface area contributed by atoms with Gasteiger partial charge >= 0.3 is 0 Å². The lowest BCUT2D eigenvalue weighted by atomic mass is 10.1. The van der Waals surface area contributed by atoms with Crippen LogP contribution in [0.2, 0.25) is 0 Å². The topological polar surface area (TPSA) is 47.8 Å². The fourth-order valence-corrected chi connectivity index (χ4v) is 2.79. The highest BCUT2D eigenvalue weighted by atomic mass is 16.1. The minimum Gasteiger partial charge on any atom is -0.290 e. The Morgan fingerprint density at radius 1 is 1.14 bits per heavy atom. The molecule has 0 aliphatic rings. The first kappa shape index (κ1) is 14.4. The van der Waals surface area contributed by atoms with Crippen molar-refractivity contribution in [1.82, 2.24) is 14.5 Å². The number of nitrogens with zero attached hydrogens (tertiary/aromatic N) is 3. The van der Waals surface area contributed by atoms with Gasteiger partial charge < -0.3 is 0 Å². The van der Waals surface area contributed by atoms with Crippen LogP contribution < -0.4 is 5.56 Å². The maximum Gasteiger partial charge on any atom is 0.261 e. The lowest BCUT2D eigenvalue weighted by Crippen LogP contribution is -2.26. The Hall–Kier alpha value is -2.49. The van der Waals surface area contributed by atoms with Crippen LogP contribution in [0, 0.1) is 13.8 Å². The molecule has 0 amide bonds. The molecule has 3 aromatic rings. The summed E-state index contributed by atoms with van der Waals surface area (Å²) in [7, 11) is 0. The number of hydrogen-bond donors (Lipinski definition) is 0. The van der Waals surface area contributed by atoms with Gasteiger partial charge in [0.25, 0.3) is 5.56 Å². The van der Waals surface area contributed by atoms with Gasteiger partial charge in [-0.2, -0.15) is 0 Å². The summed E-state index contributed by atoms with van der Waals surface area (Å²) < 4.78 is 1.69. The standard InChI is InChI=1S/C18H19N3O/c1-4-16(15-7-5-6-10-19-15)21-11-20-17-13(3)12(2)8-9-14(17)18(21)22/h5-11,16H,4H2,1-3H3/t16-/m1/s1. The van der Waals surface area contributed by atoms with Gasteiger partial charge in [0, 0.05) is 6.20 Å². The van der Waals surface area contributed by atoms with E-state index < -0.39 is 0 Å². The molecule has 0 fully saturated rings. The van der Waals surface area contributed by atoms with E-state index in [0.717, 1.165) is 28.8 Å². The van der Waals surface area contributed by atoms with Crippen molar-refractivity contribution >= 4 is 10.9 Å². The van der Waals surface area contributed by atoms with Crippen LogP contribution in [0.1, 0.15) is 36.2 Å². The largest absolute Gasteiger partial charge is 0.290 e. The number of aromatic nitrogens is 3. The molecule has 22 heavy (non-hydrogen) atoms. The Balaban J connectivity index is 2.22. The van der Waals surface area contributed by atoms with Gasteiger partial charge in [0.1, 0.15) is 0 Å². The normalized spacial score (nSPS) is 12.5. The number of fused-ring (bicyclic) bond motifs is 1. The fraction of sp³-hybridized carbons (Fsp3) is 0.278. The van der Waals surface area contributed by atoms with Crippen molar-refractivity contribution in [2.24, 2.45) is 0 Å². The predicted octanol–water partition coefficient (Wildman–Crippen LogP) is 3.41. The first-order chi connectivity index (χ1) is 10.6. The van der Waals surface area contributed by atoms with Crippen LogP contribution in [-0.2, 0) is 0 Å². The van der Waals surface area contributed by atoms with Gasteiger partial charge in [0.15, 0.2) is 0 Å². The Bertz CT molecular complexity index is 869. The Kier molecular flexibility index (Phi) is 3.75. The van der Waals surface area contributed by atoms with Crippen molar-refractivity contribution in [1.29, 1.82) is 0 Å². The number of pyridine rings is 1. The Labute approximate surface area is 129 Å². The third kappa shape index (κ3) is 2.30. The zero-order valence-electron chi connectivity index (χ0n) is 13.1. The molecule has 112 valence electrons. The number of aryl methyl sites for hydroxylation is 2. The summed E-state index contributed by atoms with van der Waals surface area (Å²) >= 11 is 0. The van der Waals surface area contributed by atoms with Crippen molar-refractivity contribution in [2.45, 2.75) is 33.2 Å². The molecule has 1 aromatic carbocycles. The number of rotatable bonds is 3. The fourth-order valence-electron chi connectivity index (χ4n) is 2.79. The average Bonchev–Trinajstić information content (AvgIpc) is 2.55. The van der Waals surface area contributed by atoms with E-state index in [0.29, 0.717) is 5.39 Å². The summed E-state index contributed by atoms with van der Waals surface area (Å²) in [5, 5.41) is 0.667. The molecule has 0 bridgehead atoms. The molecule has 0 unspecified atom stereocenters. The molecule has 0 radical (unpaired) electrons. The van der Waals surface area contributed by atoms with Gasteiger partial charge in [-0.1, -0.05) is 19.1 Å². The van der Waals surface area contributed by atoms with Crippen LogP contribution in [0.3, 0.4) is 0 Å². The molecular formula is C18H19N3O. The van der Waals surface area contributed by atoms with Crippen molar-refractivity contribution < 1.29 is 0 Å². The van der Waals surface area contributed by atoms with Crippen LogP contribution in [0.4, 0.5) is 0 Å². The van der Waals surface area contributed by atoms with Gasteiger partial charge in [-0.05, 0) is 49.6 Å². The quantitative estimate of drug-likeness (QED) is 0.743. The number of hydrogen-bond acceptors (Lipinski definition) is 3. The first-order valence-electron chi connectivity index (χ1n) is 7.51. The summed E-state index contributed by atoms with van der Waals surface area (Å²) in [6, 6.07) is 9.53. The maximum atomic E-state index is 12.9. The lowest BCUT2D eigenvalue weighted by molar-refractivity contribution is 0.531. The van der Waals surface area contributed by atoms with Crippen molar-refractivity contribution in [3.63, 3.8) is 0 Å². The van der Waals surface area contributed by atoms with Gasteiger partial charge in [0.2, 0.25) is 0 Å². The molecule has 0 aliphatic heterocycles. The maximum absolute atomic E-state index is 12.9. The third-order valence-corrected chi connectivity index (χ3v) is 4.23. The van der Waals surface area contributed by atoms with Crippen LogP contribution >= 0.6 is 0 Å². The smallest absolute Gasteiger partial charge is 0.261 e. The zero-order valence-corrected chi connectivity index (χ0v) is 13.1. The minimum absolute atomic E-state index is 0.00870. The number of benzene rings is 1. The molecule has 0 saturated carbocycles. The van der Waals surface area contributed by atoms with E-state index in [1.54, 1.807) is 17.1 Å². The zero-order chi connectivity index (χ0) is 15.7. The second-order valence-electron chi connectivity index (χ2n) is 5.54. The highest BCUT2D eigenvalue weighted by molar-refractivity contribution is 5.81. The van der Waals surface area contributed by atoms with Crippen molar-refractivity contribution in [3.8, 4) is 0 Å². The summed E-state index contributed by atoms with van der Waals surface area (Å²) in [4.78, 5) is 21.8. The van der Waals surface area contributed by atoms with Crippen molar-refractivity contribution in [2.75, 3.05) is 0 Å². The highest BCUT2D eigenvalue weighted by Crippen LogP contribution is 2.21. The van der Waals surface area contributed by atoms with Crippen LogP contribution in [0.25, 0.3) is 10.9 Å². The molecule has 0 aliphatic carbocycles. The highest BCUT2D eigenvalue weighted by Gasteiger charge is 2.16. The SMILES string of the molecule is CC[C@H](c1ccccn1)n1cnc2c(C)c(C)ccc2c1=O. The second-order valence-corrected chi connectivity index (χ2v) is 5.54. The van der Waals surface area contributed by atoms with Crippen molar-refractivity contribution in [3.05, 3.63) is 70.0 Å². The first-order valence-corrected chi connectivity index (χ1v) is 7.51. The van der Waals surface area contributed by atoms with Gasteiger partial charge in [-0.15, -0.1) is 0 Å². The van der Waals surface area contributed by atoms with E-state index in [9.17, 15) is 4.79 Å². The summed E-state index contributed by atoms with van der Waals surface area (Å²) in [5.41, 5.74) is 3.88. The molecule has 1 atom stereocenters. The summed E-state index contributed by atoms with van der Waals surface area (Å²) in [6.45, 7) is 6.09. The predicted molar refractivity (Wildman–Crippen MR) is 88.1 cm³/mol. The van der Waals surface area contributed by atoms with Gasteiger partial charge in [-0.3, -0.25) is 14.3 Å². The Morgan fingerprint density at radius 3 is 2.64 bits per heavy atom. The van der Waals surface area contributed by atoms with Gasteiger partial charge in [0.05, 0.1) is 29.0 Å². The van der Waals surface area contributed by atoms with Crippen LogP contribution in [0.5, 0.6) is 0 Å². The molecule has 4 nitrogen and oxygen atoms in total. The molecule has 0 spiro atoms. The lowest BCUT2D eigenvalue weighted by Gasteiger charge is -2.18. The molecule has 0 saturated heterocycles. The monoisotopic (exact) mass is 293 g/mol. The molecule has 2 aromatic heterocycles. The molecule has 3 rings (SSSR count). The van der Waals surface area contributed by atoms with E-state index in [2.05, 4.69) is 16.9 Å². The van der Waals surface area contributed by atoms with E-state index in [1.807, 2.05) is 44.2 Å². The van der Waals surface area contributed by atoms with E-state index in [4.69, 9.17) is 0 Å². The third-order valence-electron chi connectivity index (χ3n) is 4.23. The van der Waals surface area contributed by atoms with Crippen LogP contribution in [0.15, 0.2) is 47.7 Å². The molecule has 2 heterocycles. The summed E-state index contributed by atoms with van der Waals surface area (Å²) in [6.07, 6.45) is 4.19. The average molecular weight is 293 g/mol. The molecule has 0 N–H and O–H groups in total. The van der Waals surface area contributed by atoms with E-state index in [-0.39, 0.29) is 11.6 Å². The minimum atomic E-state index is -0.0905.